The SMILES string of the molecule is CC1(C)c2ccccc2-c2c(N(c3ccc(-c4ccccc4-n4c5ccccc5c5ccccc54)cc3)c3cccc4c3-c3ccccc3C4(C)C)cccc21.PP(P)P(P)P(P(P(P)P)P(P)P)P(P(P(P(P)P)P(P)P)P(P(P)P)P(P)P)P(P(P(P(P(P)P)P(P)P)P(P(P)P)P(P)P)P(P(P(P)P)P(P)P)P(P(P)P)P(P)P)P(P(P(P(P)P)P(P)P)P(P(P)P)P(P)P)P(P(P(P)P)P(P)P)P(P(P)P)P(P)P. The first-order chi connectivity index (χ1) is 69.1. The lowest BCUT2D eigenvalue weighted by Crippen LogP contribution is -2.17. The third kappa shape index (κ3) is 42.3. The number of hydrogen-bond donors (Lipinski definition) is 0. The molecule has 0 saturated carbocycles. The standard InChI is InChI=1S/C54H42N2.H94P92/c1-53(2)42-22-10-5-20-40(42)51-44(53)24-15-29-49(51)55(50-30-16-25-45-52(50)41-21-6-11-23-43(41)54(45,3)4)36-33-31-35(32-34-36)37-17-7-12-26-46(37)56-47-27-13-8-18-38(47)39-19-9-14-28-48(39)56;1-48(2)71(47)83(72(49(3)4)50(5)6)89(84(73(51(7)8)52(9)10)74(53(11)12)54(13)14)92(90(85(75(55(15)16)56(17)18)76(57(19)20)58(21)22)86(77(59(23)24)60(25)26)78(61(27)28)62(29)30)91(87(79(63(31)32)64(33)34)80(65(35)36)66(37)38)88(81(67(39)40)68(41)42)82(69(43)44)70(45)46/h5-34H,1-4H3;1-47H2. The zero-order chi connectivity index (χ0) is 111. The van der Waals surface area contributed by atoms with Crippen LogP contribution in [-0.4, -0.2) is 4.57 Å². The Balaban J connectivity index is 0.000000334. The van der Waals surface area contributed by atoms with E-state index >= 15 is 0 Å². The van der Waals surface area contributed by atoms with Gasteiger partial charge in [0.15, 0.2) is 0 Å². The van der Waals surface area contributed by atoms with Gasteiger partial charge in [0.1, 0.15) is 0 Å². The minimum absolute atomic E-state index is 0.110. The van der Waals surface area contributed by atoms with E-state index in [-0.39, 0.29) is 87.7 Å². The van der Waals surface area contributed by atoms with Gasteiger partial charge in [0.25, 0.3) is 0 Å². The molecule has 2 nitrogen and oxygen atoms in total. The summed E-state index contributed by atoms with van der Waals surface area (Å²) in [6.07, 6.45) is 0. The van der Waals surface area contributed by atoms with Crippen molar-refractivity contribution in [3.63, 3.8) is 0 Å². The molecule has 8 aromatic carbocycles. The van der Waals surface area contributed by atoms with Gasteiger partial charge in [0.2, 0.25) is 0 Å². The zero-order valence-electron chi connectivity index (χ0n) is 79.5. The van der Waals surface area contributed by atoms with Gasteiger partial charge in [0.05, 0.1) is 28.1 Å². The van der Waals surface area contributed by atoms with E-state index in [2.05, 4.69) is 639 Å². The monoisotopic (exact) mass is 3660 g/mol. The van der Waals surface area contributed by atoms with Crippen molar-refractivity contribution in [1.82, 2.24) is 4.57 Å². The molecule has 0 radical (unpaired) electrons. The summed E-state index contributed by atoms with van der Waals surface area (Å²) in [5.41, 5.74) is 20.1. The van der Waals surface area contributed by atoms with Gasteiger partial charge < -0.3 is 9.47 Å². The predicted octanol–water partition coefficient (Wildman–Crippen LogP) is 68.6. The minimum Gasteiger partial charge on any atom is -0.309 e. The van der Waals surface area contributed by atoms with Crippen molar-refractivity contribution in [3.8, 4) is 39.1 Å². The Bertz CT molecular complexity index is 5170. The Kier molecular flexibility index (Phi) is 86.7. The molecular formula is C54H136N2P92. The van der Waals surface area contributed by atoms with Gasteiger partial charge in [-0.1, -0.05) is 167 Å². The summed E-state index contributed by atoms with van der Waals surface area (Å²) >= 11 is 0. The van der Waals surface area contributed by atoms with Gasteiger partial charge in [-0.2, -0.15) is 0 Å². The lowest BCUT2D eigenvalue weighted by Gasteiger charge is -2.63. The average Bonchev–Trinajstić information content (AvgIpc) is 0.721. The smallest absolute Gasteiger partial charge is 0.0543 e. The van der Waals surface area contributed by atoms with E-state index in [9.17, 15) is 0 Å². The first-order valence-electron chi connectivity index (χ1n) is 40.7. The van der Waals surface area contributed by atoms with Crippen LogP contribution in [-0.2, 0) is 10.8 Å². The number of para-hydroxylation sites is 3. The predicted molar refractivity (Wildman–Crippen MR) is 1000 cm³/mol. The molecule has 148 heavy (non-hydrogen) atoms. The van der Waals surface area contributed by atoms with Crippen LogP contribution < -0.4 is 4.90 Å². The number of rotatable bonds is 49. The van der Waals surface area contributed by atoms with Gasteiger partial charge in [-0.25, -0.2) is 0 Å². The highest BCUT2D eigenvalue weighted by molar-refractivity contribution is 9.60. The summed E-state index contributed by atoms with van der Waals surface area (Å²) in [4.78, 5) is 2.54. The molecule has 0 spiro atoms. The molecule has 0 aliphatic heterocycles. The van der Waals surface area contributed by atoms with Gasteiger partial charge in [-0.05, 0) is 396 Å². The second-order valence-corrected chi connectivity index (χ2v) is 413. The molecule has 0 saturated heterocycles. The van der Waals surface area contributed by atoms with Crippen molar-refractivity contribution in [2.75, 3.05) is 4.90 Å². The molecule has 0 amide bonds. The minimum atomic E-state index is -0.585. The van der Waals surface area contributed by atoms with E-state index in [0.717, 1.165) is 5.69 Å². The molecule has 0 N–H and O–H groups in total. The van der Waals surface area contributed by atoms with E-state index in [1.165, 1.54) is 94.5 Å². The van der Waals surface area contributed by atoms with Crippen molar-refractivity contribution in [3.05, 3.63) is 204 Å². The molecule has 822 valence electrons. The molecule has 2 aliphatic rings. The molecule has 9 aromatic rings. The van der Waals surface area contributed by atoms with Crippen LogP contribution in [0.25, 0.3) is 60.9 Å². The van der Waals surface area contributed by atoms with Crippen molar-refractivity contribution < 1.29 is 0 Å². The van der Waals surface area contributed by atoms with E-state index in [1.807, 2.05) is 0 Å². The number of benzene rings is 8. The summed E-state index contributed by atoms with van der Waals surface area (Å²) < 4.78 is 2.43. The molecular weight excluding hydrogens is 3530 g/mol. The fraction of sp³-hybridized carbons (Fsp3) is 0.111. The van der Waals surface area contributed by atoms with Crippen molar-refractivity contribution >= 4 is 773 Å². The van der Waals surface area contributed by atoms with Gasteiger partial charge in [-0.15, -0.1) is 420 Å². The van der Waals surface area contributed by atoms with Gasteiger partial charge in [0, 0.05) is 44.0 Å². The van der Waals surface area contributed by atoms with Crippen molar-refractivity contribution in [2.45, 2.75) is 38.5 Å². The summed E-state index contributed by atoms with van der Waals surface area (Å²) in [5, 5.41) is 2.54. The Hall–Kier alpha value is 32.9. The molecule has 2 aliphatic carbocycles. The Labute approximate surface area is 1050 Å². The van der Waals surface area contributed by atoms with Crippen LogP contribution in [0.1, 0.15) is 49.9 Å². The quantitative estimate of drug-likeness (QED) is 0.0345. The second-order valence-electron chi connectivity index (χ2n) is 31.2. The Morgan fingerprint density at radius 3 is 0.635 bits per heavy atom. The molecule has 11 rings (SSSR count). The first kappa shape index (κ1) is 162. The number of fused-ring (bicyclic) bond motifs is 9. The third-order valence-electron chi connectivity index (χ3n) is 21.0. The summed E-state index contributed by atoms with van der Waals surface area (Å²) in [6, 6.07) is 67.5. The fourth-order valence-electron chi connectivity index (χ4n) is 15.7. The summed E-state index contributed by atoms with van der Waals surface area (Å²) in [7, 11) is 177. The molecule has 0 bridgehead atoms. The van der Waals surface area contributed by atoms with E-state index in [0.29, 0.717) is 0 Å². The maximum absolute atomic E-state index is 4.04. The number of anilines is 3. The average molecular weight is 3660 g/mol. The van der Waals surface area contributed by atoms with Crippen LogP contribution in [0.4, 0.5) is 17.1 Å². The highest BCUT2D eigenvalue weighted by Gasteiger charge is 2.67. The molecule has 1 aromatic heterocycles. The van der Waals surface area contributed by atoms with Crippen LogP contribution in [0.15, 0.2) is 182 Å². The number of aromatic nitrogens is 1. The molecule has 1 heterocycles. The number of nitrogens with zero attached hydrogens (tertiary/aromatic N) is 2. The van der Waals surface area contributed by atoms with Crippen LogP contribution >= 0.6 is 734 Å². The van der Waals surface area contributed by atoms with Crippen LogP contribution in [0.5, 0.6) is 0 Å². The Morgan fingerprint density at radius 1 is 0.182 bits per heavy atom. The Morgan fingerprint density at radius 2 is 0.385 bits per heavy atom. The summed E-state index contributed by atoms with van der Waals surface area (Å²) in [5.74, 6) is 0. The zero-order valence-corrected chi connectivity index (χ0v) is 174. The summed E-state index contributed by atoms with van der Waals surface area (Å²) in [6.45, 7) is -9.22. The maximum atomic E-state index is 4.04. The molecule has 0 fully saturated rings. The van der Waals surface area contributed by atoms with Crippen molar-refractivity contribution in [1.29, 1.82) is 0 Å². The van der Waals surface area contributed by atoms with Gasteiger partial charge in [-0.3, -0.25) is 0 Å². The van der Waals surface area contributed by atoms with Crippen molar-refractivity contribution in [2.24, 2.45) is 0 Å². The lowest BCUT2D eigenvalue weighted by molar-refractivity contribution is 0.660. The molecule has 50 unspecified atom stereocenters. The van der Waals surface area contributed by atoms with E-state index in [1.54, 1.807) is 0 Å². The topological polar surface area (TPSA) is 8.17 Å². The van der Waals surface area contributed by atoms with E-state index < -0.39 is 238 Å². The highest BCUT2D eigenvalue weighted by Crippen LogP contribution is 3.54. The maximum Gasteiger partial charge on any atom is 0.0543 e. The third-order valence-corrected chi connectivity index (χ3v) is 674. The number of hydrogen-bond acceptors (Lipinski definition) is 1. The second kappa shape index (κ2) is 79.1. The largest absolute Gasteiger partial charge is 0.309 e. The highest BCUT2D eigenvalue weighted by atomic mass is 33.6. The molecule has 50 atom stereocenters. The van der Waals surface area contributed by atoms with Crippen LogP contribution in [0.2, 0.25) is 0 Å². The normalized spacial score (nSPS) is 15.1. The van der Waals surface area contributed by atoms with Crippen LogP contribution in [0.3, 0.4) is 0 Å². The first-order valence-corrected chi connectivity index (χ1v) is 208. The fourth-order valence-corrected chi connectivity index (χ4v) is 1370. The lowest BCUT2D eigenvalue weighted by atomic mass is 9.82. The van der Waals surface area contributed by atoms with Crippen LogP contribution in [0, 0.1) is 0 Å². The van der Waals surface area contributed by atoms with Gasteiger partial charge >= 0.3 is 0 Å². The van der Waals surface area contributed by atoms with E-state index in [4.69, 9.17) is 0 Å². The molecule has 94 heteroatoms.